The number of methoxy groups -OCH3 is 1. The van der Waals surface area contributed by atoms with E-state index in [4.69, 9.17) is 9.47 Å². The van der Waals surface area contributed by atoms with Gasteiger partial charge in [-0.3, -0.25) is 4.79 Å². The van der Waals surface area contributed by atoms with Crippen LogP contribution in [0.25, 0.3) is 11.1 Å². The summed E-state index contributed by atoms with van der Waals surface area (Å²) in [7, 11) is 1.41. The van der Waals surface area contributed by atoms with Gasteiger partial charge in [0, 0.05) is 19.1 Å². The monoisotopic (exact) mass is 478 g/mol. The van der Waals surface area contributed by atoms with Gasteiger partial charge in [0.05, 0.1) is 11.5 Å². The highest BCUT2D eigenvalue weighted by atomic mass is 16.5. The Morgan fingerprint density at radius 2 is 1.69 bits per heavy atom. The maximum atomic E-state index is 12.9. The summed E-state index contributed by atoms with van der Waals surface area (Å²) in [6, 6.07) is 15.0. The summed E-state index contributed by atoms with van der Waals surface area (Å²) in [5, 5.41) is 15.0. The second-order valence-corrected chi connectivity index (χ2v) is 9.89. The Morgan fingerprint density at radius 1 is 1.06 bits per heavy atom. The maximum absolute atomic E-state index is 12.9. The average molecular weight is 479 g/mol. The summed E-state index contributed by atoms with van der Waals surface area (Å²) < 4.78 is 10.7. The molecule has 2 saturated carbocycles. The molecule has 0 spiro atoms. The maximum Gasteiger partial charge on any atom is 0.407 e. The lowest BCUT2D eigenvalue weighted by Gasteiger charge is -2.23. The van der Waals surface area contributed by atoms with Crippen LogP contribution in [0, 0.1) is 11.3 Å². The van der Waals surface area contributed by atoms with Gasteiger partial charge in [-0.05, 0) is 54.4 Å². The number of carbonyl (C=O) groups excluding carboxylic acids is 2. The minimum atomic E-state index is -1.13. The second-order valence-electron chi connectivity index (χ2n) is 9.89. The highest BCUT2D eigenvalue weighted by molar-refractivity contribution is 5.90. The number of carbonyl (C=O) groups is 3. The molecule has 3 aliphatic rings. The highest BCUT2D eigenvalue weighted by Gasteiger charge is 2.65. The topological polar surface area (TPSA) is 114 Å². The molecule has 0 bridgehead atoms. The molecule has 0 aliphatic heterocycles. The molecule has 0 radical (unpaired) electrons. The standard InChI is InChI=1S/C27H30N2O6/c1-15(34-2)23(24(30)31)29-25(32)27-12-16(27)11-17(13-27)28-26(33)35-14-22-20-9-5-3-7-18(20)19-8-4-6-10-21(19)22/h3-10,15-17,22-23H,11-14H2,1-2H3,(H,28,33)(H,29,32)(H,30,31)/t15-,16+,17-,23+,27-/m1/s1. The summed E-state index contributed by atoms with van der Waals surface area (Å²) in [6.45, 7) is 1.84. The van der Waals surface area contributed by atoms with E-state index in [1.54, 1.807) is 6.92 Å². The van der Waals surface area contributed by atoms with Crippen molar-refractivity contribution < 1.29 is 29.0 Å². The third-order valence-electron chi connectivity index (χ3n) is 7.92. The molecule has 8 heteroatoms. The van der Waals surface area contributed by atoms with Crippen LogP contribution < -0.4 is 10.6 Å². The Balaban J connectivity index is 1.17. The van der Waals surface area contributed by atoms with Gasteiger partial charge >= 0.3 is 12.1 Å². The summed E-state index contributed by atoms with van der Waals surface area (Å²) in [6.07, 6.45) is 0.706. The van der Waals surface area contributed by atoms with E-state index < -0.39 is 29.6 Å². The number of aliphatic carboxylic acids is 1. The Bertz CT molecular complexity index is 1120. The first-order valence-electron chi connectivity index (χ1n) is 12.0. The summed E-state index contributed by atoms with van der Waals surface area (Å²) in [5.74, 6) is -1.30. The fourth-order valence-electron chi connectivity index (χ4n) is 5.89. The van der Waals surface area contributed by atoms with Crippen molar-refractivity contribution in [3.63, 3.8) is 0 Å². The number of hydrogen-bond acceptors (Lipinski definition) is 5. The molecule has 3 N–H and O–H groups in total. The molecule has 35 heavy (non-hydrogen) atoms. The predicted molar refractivity (Wildman–Crippen MR) is 128 cm³/mol. The molecule has 5 atom stereocenters. The molecule has 0 unspecified atom stereocenters. The third kappa shape index (κ3) is 4.16. The molecule has 2 fully saturated rings. The summed E-state index contributed by atoms with van der Waals surface area (Å²) in [5.41, 5.74) is 4.02. The van der Waals surface area contributed by atoms with Crippen molar-refractivity contribution in [3.8, 4) is 11.1 Å². The van der Waals surface area contributed by atoms with E-state index >= 15 is 0 Å². The van der Waals surface area contributed by atoms with Gasteiger partial charge in [0.1, 0.15) is 6.61 Å². The van der Waals surface area contributed by atoms with Gasteiger partial charge in [0.2, 0.25) is 5.91 Å². The minimum Gasteiger partial charge on any atom is -0.480 e. The van der Waals surface area contributed by atoms with Crippen LogP contribution in [0.5, 0.6) is 0 Å². The number of carboxylic acid groups (broad SMARTS) is 1. The number of carboxylic acids is 1. The van der Waals surface area contributed by atoms with E-state index in [9.17, 15) is 19.5 Å². The largest absolute Gasteiger partial charge is 0.480 e. The number of alkyl carbamates (subject to hydrolysis) is 1. The van der Waals surface area contributed by atoms with Crippen molar-refractivity contribution in [2.45, 2.75) is 50.3 Å². The Kier molecular flexibility index (Phi) is 6.01. The van der Waals surface area contributed by atoms with Crippen molar-refractivity contribution in [2.24, 2.45) is 11.3 Å². The van der Waals surface area contributed by atoms with Gasteiger partial charge in [-0.15, -0.1) is 0 Å². The molecule has 2 aromatic carbocycles. The molecule has 0 heterocycles. The van der Waals surface area contributed by atoms with E-state index in [-0.39, 0.29) is 30.4 Å². The van der Waals surface area contributed by atoms with E-state index in [0.29, 0.717) is 19.3 Å². The van der Waals surface area contributed by atoms with Crippen LogP contribution >= 0.6 is 0 Å². The fraction of sp³-hybridized carbons (Fsp3) is 0.444. The normalized spacial score (nSPS) is 25.5. The second kappa shape index (κ2) is 9.00. The van der Waals surface area contributed by atoms with Crippen molar-refractivity contribution in [2.75, 3.05) is 13.7 Å². The lowest BCUT2D eigenvalue weighted by atomic mass is 9.98. The number of benzene rings is 2. The Hall–Kier alpha value is -3.39. The van der Waals surface area contributed by atoms with Crippen LogP contribution in [0.15, 0.2) is 48.5 Å². The first-order chi connectivity index (χ1) is 16.8. The van der Waals surface area contributed by atoms with Crippen LogP contribution in [0.3, 0.4) is 0 Å². The van der Waals surface area contributed by atoms with E-state index in [1.807, 2.05) is 24.3 Å². The van der Waals surface area contributed by atoms with E-state index in [0.717, 1.165) is 11.1 Å². The molecule has 184 valence electrons. The predicted octanol–water partition coefficient (Wildman–Crippen LogP) is 3.30. The molecule has 0 aromatic heterocycles. The third-order valence-corrected chi connectivity index (χ3v) is 7.92. The Morgan fingerprint density at radius 3 is 2.29 bits per heavy atom. The molecule has 2 aromatic rings. The molecular weight excluding hydrogens is 448 g/mol. The molecule has 2 amide bonds. The zero-order valence-corrected chi connectivity index (χ0v) is 19.8. The fourth-order valence-corrected chi connectivity index (χ4v) is 5.89. The molecular formula is C27H30N2O6. The molecule has 0 saturated heterocycles. The van der Waals surface area contributed by atoms with Crippen LogP contribution in [0.2, 0.25) is 0 Å². The highest BCUT2D eigenvalue weighted by Crippen LogP contribution is 2.63. The van der Waals surface area contributed by atoms with Crippen molar-refractivity contribution in [1.29, 1.82) is 0 Å². The first-order valence-corrected chi connectivity index (χ1v) is 12.0. The SMILES string of the molecule is CO[C@H](C)[C@H](NC(=O)[C@]12C[C@H](NC(=O)OCC3c4ccccc4-c4ccccc43)C[C@H]1C2)C(=O)O. The van der Waals surface area contributed by atoms with Crippen LogP contribution in [0.1, 0.15) is 43.2 Å². The first kappa shape index (κ1) is 23.4. The lowest BCUT2D eigenvalue weighted by molar-refractivity contribution is -0.146. The van der Waals surface area contributed by atoms with Crippen molar-refractivity contribution in [1.82, 2.24) is 10.6 Å². The number of rotatable bonds is 8. The van der Waals surface area contributed by atoms with Gasteiger partial charge in [-0.1, -0.05) is 48.5 Å². The van der Waals surface area contributed by atoms with Crippen LogP contribution in [0.4, 0.5) is 4.79 Å². The molecule has 3 aliphatic carbocycles. The summed E-state index contributed by atoms with van der Waals surface area (Å²) >= 11 is 0. The van der Waals surface area contributed by atoms with Gasteiger partial charge < -0.3 is 25.2 Å². The zero-order valence-electron chi connectivity index (χ0n) is 19.8. The summed E-state index contributed by atoms with van der Waals surface area (Å²) in [4.78, 5) is 37.1. The number of hydrogen-bond donors (Lipinski definition) is 3. The smallest absolute Gasteiger partial charge is 0.407 e. The number of nitrogens with one attached hydrogen (secondary N) is 2. The zero-order chi connectivity index (χ0) is 24.7. The average Bonchev–Trinajstić information content (AvgIpc) is 3.28. The van der Waals surface area contributed by atoms with Crippen LogP contribution in [-0.2, 0) is 19.1 Å². The van der Waals surface area contributed by atoms with Gasteiger partial charge in [-0.2, -0.15) is 0 Å². The number of fused-ring (bicyclic) bond motifs is 4. The number of ether oxygens (including phenoxy) is 2. The van der Waals surface area contributed by atoms with Gasteiger partial charge in [-0.25, -0.2) is 9.59 Å². The molecule has 5 rings (SSSR count). The van der Waals surface area contributed by atoms with E-state index in [2.05, 4.69) is 34.9 Å². The minimum absolute atomic E-state index is 0.0158. The van der Waals surface area contributed by atoms with Gasteiger partial charge in [0.25, 0.3) is 0 Å². The number of amides is 2. The van der Waals surface area contributed by atoms with Gasteiger partial charge in [0.15, 0.2) is 6.04 Å². The molecule has 8 nitrogen and oxygen atoms in total. The lowest BCUT2D eigenvalue weighted by Crippen LogP contribution is -2.51. The van der Waals surface area contributed by atoms with Crippen LogP contribution in [-0.4, -0.2) is 55.0 Å². The van der Waals surface area contributed by atoms with Crippen molar-refractivity contribution in [3.05, 3.63) is 59.7 Å². The van der Waals surface area contributed by atoms with Crippen molar-refractivity contribution >= 4 is 18.0 Å². The quantitative estimate of drug-likeness (QED) is 0.537. The Labute approximate surface area is 204 Å². The van der Waals surface area contributed by atoms with E-state index in [1.165, 1.54) is 18.2 Å².